The second-order valence-corrected chi connectivity index (χ2v) is 5.66. The molecule has 0 atom stereocenters. The number of nitrogens with zero attached hydrogens (tertiary/aromatic N) is 2. The van der Waals surface area contributed by atoms with Crippen molar-refractivity contribution in [1.29, 1.82) is 5.26 Å². The first-order valence-corrected chi connectivity index (χ1v) is 7.63. The van der Waals surface area contributed by atoms with Gasteiger partial charge >= 0.3 is 0 Å². The topological polar surface area (TPSA) is 90.4 Å². The molecule has 0 aliphatic heterocycles. The molecule has 1 fully saturated rings. The maximum Gasteiger partial charge on any atom is 0.203 e. The van der Waals surface area contributed by atoms with Crippen LogP contribution in [0.4, 0.5) is 5.82 Å². The van der Waals surface area contributed by atoms with E-state index >= 15 is 0 Å². The lowest BCUT2D eigenvalue weighted by atomic mass is 10.0. The Labute approximate surface area is 140 Å². The maximum absolute atomic E-state index is 9.34. The summed E-state index contributed by atoms with van der Waals surface area (Å²) in [4.78, 5) is 4.39. The van der Waals surface area contributed by atoms with Crippen molar-refractivity contribution in [3.63, 3.8) is 0 Å². The fourth-order valence-corrected chi connectivity index (χ4v) is 2.80. The van der Waals surface area contributed by atoms with Gasteiger partial charge in [0, 0.05) is 5.56 Å². The standard InChI is InChI=1S/C18H19N3O3/c1-22-15-6-11(7-16(23-2)17(15)24-3)14-8-12(10-4-5-10)13(9-19)18(20)21-14/h6-8,10H,4-5H2,1-3H3,(H2,20,21). The number of hydrogen-bond acceptors (Lipinski definition) is 6. The number of methoxy groups -OCH3 is 3. The summed E-state index contributed by atoms with van der Waals surface area (Å²) in [5.74, 6) is 2.26. The van der Waals surface area contributed by atoms with E-state index in [2.05, 4.69) is 11.1 Å². The van der Waals surface area contributed by atoms with Crippen LogP contribution in [0.5, 0.6) is 17.2 Å². The molecule has 1 aliphatic rings. The summed E-state index contributed by atoms with van der Waals surface area (Å²) in [6.07, 6.45) is 2.15. The van der Waals surface area contributed by atoms with Crippen LogP contribution in [-0.4, -0.2) is 26.3 Å². The van der Waals surface area contributed by atoms with Gasteiger partial charge in [0.25, 0.3) is 0 Å². The van der Waals surface area contributed by atoms with Crippen molar-refractivity contribution < 1.29 is 14.2 Å². The lowest BCUT2D eigenvalue weighted by Crippen LogP contribution is -2.02. The van der Waals surface area contributed by atoms with Crippen LogP contribution in [0.1, 0.15) is 29.9 Å². The Kier molecular flexibility index (Phi) is 4.17. The number of nitrogen functional groups attached to an aromatic ring is 1. The minimum Gasteiger partial charge on any atom is -0.493 e. The minimum atomic E-state index is 0.255. The molecule has 24 heavy (non-hydrogen) atoms. The molecule has 1 heterocycles. The SMILES string of the molecule is COc1cc(-c2cc(C3CC3)c(C#N)c(N)n2)cc(OC)c1OC. The summed E-state index contributed by atoms with van der Waals surface area (Å²) in [6.45, 7) is 0. The monoisotopic (exact) mass is 325 g/mol. The van der Waals surface area contributed by atoms with E-state index in [4.69, 9.17) is 19.9 Å². The number of nitriles is 1. The normalized spacial score (nSPS) is 13.2. The number of hydrogen-bond donors (Lipinski definition) is 1. The van der Waals surface area contributed by atoms with Crippen molar-refractivity contribution in [3.8, 4) is 34.6 Å². The molecule has 3 rings (SSSR count). The summed E-state index contributed by atoms with van der Waals surface area (Å²) >= 11 is 0. The third-order valence-corrected chi connectivity index (χ3v) is 4.17. The van der Waals surface area contributed by atoms with E-state index in [1.54, 1.807) is 21.3 Å². The van der Waals surface area contributed by atoms with Gasteiger partial charge in [-0.25, -0.2) is 4.98 Å². The highest BCUT2D eigenvalue weighted by atomic mass is 16.5. The minimum absolute atomic E-state index is 0.255. The van der Waals surface area contributed by atoms with Crippen LogP contribution in [0.15, 0.2) is 18.2 Å². The number of benzene rings is 1. The first kappa shape index (κ1) is 15.9. The van der Waals surface area contributed by atoms with E-state index in [1.165, 1.54) is 0 Å². The quantitative estimate of drug-likeness (QED) is 0.908. The molecule has 0 radical (unpaired) electrons. The van der Waals surface area contributed by atoms with Gasteiger partial charge in [0.1, 0.15) is 11.9 Å². The number of aromatic nitrogens is 1. The zero-order chi connectivity index (χ0) is 17.3. The molecule has 2 N–H and O–H groups in total. The van der Waals surface area contributed by atoms with Gasteiger partial charge < -0.3 is 19.9 Å². The summed E-state index contributed by atoms with van der Waals surface area (Å²) in [5.41, 5.74) is 8.94. The molecule has 124 valence electrons. The van der Waals surface area contributed by atoms with Gasteiger partial charge in [0.15, 0.2) is 11.5 Å². The first-order valence-electron chi connectivity index (χ1n) is 7.63. The molecule has 2 aromatic rings. The van der Waals surface area contributed by atoms with Crippen molar-refractivity contribution in [2.75, 3.05) is 27.1 Å². The number of ether oxygens (including phenoxy) is 3. The van der Waals surface area contributed by atoms with Crippen molar-refractivity contribution in [2.24, 2.45) is 0 Å². The van der Waals surface area contributed by atoms with E-state index < -0.39 is 0 Å². The third kappa shape index (κ3) is 2.69. The van der Waals surface area contributed by atoms with Crippen molar-refractivity contribution in [3.05, 3.63) is 29.3 Å². The zero-order valence-electron chi connectivity index (χ0n) is 13.9. The Hall–Kier alpha value is -2.94. The number of pyridine rings is 1. The fourth-order valence-electron chi connectivity index (χ4n) is 2.80. The molecule has 0 unspecified atom stereocenters. The smallest absolute Gasteiger partial charge is 0.203 e. The van der Waals surface area contributed by atoms with Gasteiger partial charge in [-0.3, -0.25) is 0 Å². The molecule has 6 nitrogen and oxygen atoms in total. The molecule has 0 saturated heterocycles. The Morgan fingerprint density at radius 1 is 1.08 bits per heavy atom. The van der Waals surface area contributed by atoms with E-state index in [1.807, 2.05) is 18.2 Å². The van der Waals surface area contributed by atoms with E-state index in [9.17, 15) is 5.26 Å². The van der Waals surface area contributed by atoms with Crippen molar-refractivity contribution in [2.45, 2.75) is 18.8 Å². The Morgan fingerprint density at radius 2 is 1.71 bits per heavy atom. The number of rotatable bonds is 5. The van der Waals surface area contributed by atoms with Gasteiger partial charge in [-0.2, -0.15) is 5.26 Å². The van der Waals surface area contributed by atoms with Crippen LogP contribution < -0.4 is 19.9 Å². The van der Waals surface area contributed by atoms with Crippen LogP contribution in [0.25, 0.3) is 11.3 Å². The van der Waals surface area contributed by atoms with Gasteiger partial charge in [-0.1, -0.05) is 0 Å². The molecule has 6 heteroatoms. The van der Waals surface area contributed by atoms with Gasteiger partial charge in [0.2, 0.25) is 5.75 Å². The van der Waals surface area contributed by atoms with E-state index in [0.717, 1.165) is 24.0 Å². The summed E-state index contributed by atoms with van der Waals surface area (Å²) in [7, 11) is 4.69. The summed E-state index contributed by atoms with van der Waals surface area (Å²) in [6, 6.07) is 7.76. The Bertz CT molecular complexity index is 798. The Balaban J connectivity index is 2.17. The van der Waals surface area contributed by atoms with Gasteiger partial charge in [-0.15, -0.1) is 0 Å². The average molecular weight is 325 g/mol. The van der Waals surface area contributed by atoms with Crippen molar-refractivity contribution >= 4 is 5.82 Å². The summed E-state index contributed by atoms with van der Waals surface area (Å²) < 4.78 is 16.1. The average Bonchev–Trinajstić information content (AvgIpc) is 3.44. The predicted octanol–water partition coefficient (Wildman–Crippen LogP) is 3.11. The third-order valence-electron chi connectivity index (χ3n) is 4.17. The van der Waals surface area contributed by atoms with Crippen LogP contribution in [0.3, 0.4) is 0 Å². The fraction of sp³-hybridized carbons (Fsp3) is 0.333. The van der Waals surface area contributed by atoms with Crippen LogP contribution in [-0.2, 0) is 0 Å². The van der Waals surface area contributed by atoms with E-state index in [0.29, 0.717) is 34.4 Å². The van der Waals surface area contributed by atoms with Crippen LogP contribution in [0.2, 0.25) is 0 Å². The molecule has 1 aliphatic carbocycles. The van der Waals surface area contributed by atoms with Gasteiger partial charge in [0.05, 0.1) is 32.6 Å². The molecule has 0 spiro atoms. The lowest BCUT2D eigenvalue weighted by Gasteiger charge is -2.15. The molecule has 1 saturated carbocycles. The number of nitrogens with two attached hydrogens (primary N) is 1. The van der Waals surface area contributed by atoms with Crippen LogP contribution >= 0.6 is 0 Å². The molecular formula is C18H19N3O3. The highest BCUT2D eigenvalue weighted by Crippen LogP contribution is 2.45. The summed E-state index contributed by atoms with van der Waals surface area (Å²) in [5, 5.41) is 9.34. The molecule has 0 amide bonds. The highest BCUT2D eigenvalue weighted by molar-refractivity contribution is 5.72. The largest absolute Gasteiger partial charge is 0.493 e. The van der Waals surface area contributed by atoms with Crippen molar-refractivity contribution in [1.82, 2.24) is 4.98 Å². The second-order valence-electron chi connectivity index (χ2n) is 5.66. The van der Waals surface area contributed by atoms with E-state index in [-0.39, 0.29) is 5.82 Å². The predicted molar refractivity (Wildman–Crippen MR) is 90.4 cm³/mol. The lowest BCUT2D eigenvalue weighted by molar-refractivity contribution is 0.324. The Morgan fingerprint density at radius 3 is 2.17 bits per heavy atom. The maximum atomic E-state index is 9.34. The second kappa shape index (κ2) is 6.28. The molecular weight excluding hydrogens is 306 g/mol. The zero-order valence-corrected chi connectivity index (χ0v) is 13.9. The molecule has 1 aromatic heterocycles. The van der Waals surface area contributed by atoms with Crippen LogP contribution in [0, 0.1) is 11.3 Å². The first-order chi connectivity index (χ1) is 11.6. The highest BCUT2D eigenvalue weighted by Gasteiger charge is 2.28. The molecule has 0 bridgehead atoms. The number of anilines is 1. The van der Waals surface area contributed by atoms with Gasteiger partial charge in [-0.05, 0) is 42.5 Å². The molecule has 1 aromatic carbocycles.